The molecule has 84 valence electrons. The molecule has 0 spiro atoms. The Bertz CT molecular complexity index is 379. The maximum atomic E-state index is 10.6. The largest absolute Gasteiger partial charge is 0.311 e. The number of sulfonamides is 1. The zero-order valence-corrected chi connectivity index (χ0v) is 9.07. The molecule has 1 aromatic heterocycles. The van der Waals surface area contributed by atoms with E-state index in [2.05, 4.69) is 15.3 Å². The summed E-state index contributed by atoms with van der Waals surface area (Å²) in [5.74, 6) is 0.00374. The van der Waals surface area contributed by atoms with Crippen LogP contribution >= 0.6 is 0 Å². The first-order valence-corrected chi connectivity index (χ1v) is 6.25. The monoisotopic (exact) mass is 230 g/mol. The minimum absolute atomic E-state index is 0.00374. The second-order valence-electron chi connectivity index (χ2n) is 3.10. The van der Waals surface area contributed by atoms with Gasteiger partial charge in [0.2, 0.25) is 10.0 Å². The molecule has 6 nitrogen and oxygen atoms in total. The predicted molar refractivity (Wildman–Crippen MR) is 56.3 cm³/mol. The summed E-state index contributed by atoms with van der Waals surface area (Å²) >= 11 is 0. The van der Waals surface area contributed by atoms with Crippen LogP contribution < -0.4 is 10.5 Å². The summed E-state index contributed by atoms with van der Waals surface area (Å²) in [6.07, 6.45) is 3.64. The topological polar surface area (TPSA) is 98.0 Å². The van der Waals surface area contributed by atoms with Crippen molar-refractivity contribution in [3.63, 3.8) is 0 Å². The molecule has 0 radical (unpaired) electrons. The van der Waals surface area contributed by atoms with E-state index in [1.165, 1.54) is 6.33 Å². The lowest BCUT2D eigenvalue weighted by molar-refractivity contribution is 0.589. The van der Waals surface area contributed by atoms with Gasteiger partial charge in [0.25, 0.3) is 0 Å². The zero-order valence-electron chi connectivity index (χ0n) is 8.26. The average Bonchev–Trinajstić information content (AvgIpc) is 2.17. The second-order valence-corrected chi connectivity index (χ2v) is 4.83. The SMILES string of the molecule is NS(=O)(=O)CCCNCc1ccncn1. The zero-order chi connectivity index (χ0) is 11.1. The van der Waals surface area contributed by atoms with E-state index in [0.717, 1.165) is 5.69 Å². The molecule has 0 unspecified atom stereocenters. The van der Waals surface area contributed by atoms with E-state index < -0.39 is 10.0 Å². The molecule has 0 aliphatic rings. The van der Waals surface area contributed by atoms with Crippen molar-refractivity contribution in [2.75, 3.05) is 12.3 Å². The van der Waals surface area contributed by atoms with E-state index in [9.17, 15) is 8.42 Å². The molecular weight excluding hydrogens is 216 g/mol. The average molecular weight is 230 g/mol. The van der Waals surface area contributed by atoms with Crippen LogP contribution in [0.2, 0.25) is 0 Å². The first-order valence-electron chi connectivity index (χ1n) is 4.54. The molecule has 0 aliphatic carbocycles. The lowest BCUT2D eigenvalue weighted by Gasteiger charge is -2.02. The molecule has 0 amide bonds. The van der Waals surface area contributed by atoms with Crippen LogP contribution in [0.5, 0.6) is 0 Å². The van der Waals surface area contributed by atoms with Gasteiger partial charge in [-0.1, -0.05) is 0 Å². The molecule has 0 saturated heterocycles. The molecule has 1 rings (SSSR count). The highest BCUT2D eigenvalue weighted by Gasteiger charge is 2.01. The fourth-order valence-corrected chi connectivity index (χ4v) is 1.58. The molecule has 15 heavy (non-hydrogen) atoms. The molecule has 0 saturated carbocycles. The summed E-state index contributed by atoms with van der Waals surface area (Å²) in [4.78, 5) is 7.80. The van der Waals surface area contributed by atoms with Gasteiger partial charge in [-0.3, -0.25) is 0 Å². The van der Waals surface area contributed by atoms with E-state index in [1.807, 2.05) is 0 Å². The van der Waals surface area contributed by atoms with Gasteiger partial charge in [0, 0.05) is 12.7 Å². The number of nitrogens with two attached hydrogens (primary N) is 1. The van der Waals surface area contributed by atoms with Crippen molar-refractivity contribution in [1.29, 1.82) is 0 Å². The van der Waals surface area contributed by atoms with Crippen molar-refractivity contribution in [3.8, 4) is 0 Å². The summed E-state index contributed by atoms with van der Waals surface area (Å²) in [5, 5.41) is 7.92. The van der Waals surface area contributed by atoms with Gasteiger partial charge in [0.15, 0.2) is 0 Å². The Morgan fingerprint density at radius 3 is 2.87 bits per heavy atom. The Kier molecular flexibility index (Phi) is 4.60. The second kappa shape index (κ2) is 5.74. The van der Waals surface area contributed by atoms with Crippen LogP contribution in [-0.4, -0.2) is 30.7 Å². The smallest absolute Gasteiger partial charge is 0.209 e. The normalized spacial score (nSPS) is 11.5. The van der Waals surface area contributed by atoms with E-state index >= 15 is 0 Å². The van der Waals surface area contributed by atoms with Crippen molar-refractivity contribution < 1.29 is 8.42 Å². The number of nitrogens with zero attached hydrogens (tertiary/aromatic N) is 2. The number of hydrogen-bond acceptors (Lipinski definition) is 5. The molecule has 3 N–H and O–H groups in total. The Labute approximate surface area is 89.0 Å². The lowest BCUT2D eigenvalue weighted by Crippen LogP contribution is -2.22. The van der Waals surface area contributed by atoms with Crippen molar-refractivity contribution in [2.45, 2.75) is 13.0 Å². The first-order chi connectivity index (χ1) is 7.08. The maximum absolute atomic E-state index is 10.6. The molecule has 1 aromatic rings. The third-order valence-corrected chi connectivity index (χ3v) is 2.59. The summed E-state index contributed by atoms with van der Waals surface area (Å²) < 4.78 is 21.2. The minimum Gasteiger partial charge on any atom is -0.311 e. The van der Waals surface area contributed by atoms with Gasteiger partial charge in [0.05, 0.1) is 11.4 Å². The van der Waals surface area contributed by atoms with Gasteiger partial charge in [-0.25, -0.2) is 23.5 Å². The van der Waals surface area contributed by atoms with Crippen LogP contribution in [0, 0.1) is 0 Å². The molecule has 1 heterocycles. The molecule has 0 atom stereocenters. The van der Waals surface area contributed by atoms with E-state index in [-0.39, 0.29) is 5.75 Å². The van der Waals surface area contributed by atoms with Crippen molar-refractivity contribution in [2.24, 2.45) is 5.14 Å². The van der Waals surface area contributed by atoms with Crippen LogP contribution in [0.15, 0.2) is 18.6 Å². The van der Waals surface area contributed by atoms with Crippen molar-refractivity contribution in [1.82, 2.24) is 15.3 Å². The maximum Gasteiger partial charge on any atom is 0.209 e. The van der Waals surface area contributed by atoms with Gasteiger partial charge in [-0.2, -0.15) is 0 Å². The minimum atomic E-state index is -3.33. The highest BCUT2D eigenvalue weighted by molar-refractivity contribution is 7.89. The van der Waals surface area contributed by atoms with Crippen LogP contribution in [0.4, 0.5) is 0 Å². The van der Waals surface area contributed by atoms with E-state index in [1.54, 1.807) is 12.3 Å². The highest BCUT2D eigenvalue weighted by atomic mass is 32.2. The van der Waals surface area contributed by atoms with Crippen molar-refractivity contribution in [3.05, 3.63) is 24.3 Å². The quantitative estimate of drug-likeness (QED) is 0.626. The third kappa shape index (κ3) is 6.10. The van der Waals surface area contributed by atoms with Crippen molar-refractivity contribution >= 4 is 10.0 Å². The van der Waals surface area contributed by atoms with Gasteiger partial charge in [-0.15, -0.1) is 0 Å². The Balaban J connectivity index is 2.13. The molecule has 0 aromatic carbocycles. The van der Waals surface area contributed by atoms with Crippen LogP contribution in [-0.2, 0) is 16.6 Å². The van der Waals surface area contributed by atoms with Crippen LogP contribution in [0.1, 0.15) is 12.1 Å². The summed E-state index contributed by atoms with van der Waals surface area (Å²) in [7, 11) is -3.33. The van der Waals surface area contributed by atoms with Gasteiger partial charge >= 0.3 is 0 Å². The Morgan fingerprint density at radius 1 is 1.47 bits per heavy atom. The van der Waals surface area contributed by atoms with Crippen LogP contribution in [0.25, 0.3) is 0 Å². The lowest BCUT2D eigenvalue weighted by atomic mass is 10.4. The molecule has 0 aliphatic heterocycles. The Hall–Kier alpha value is -1.05. The van der Waals surface area contributed by atoms with E-state index in [0.29, 0.717) is 19.5 Å². The number of hydrogen-bond donors (Lipinski definition) is 2. The number of nitrogens with one attached hydrogen (secondary N) is 1. The fourth-order valence-electron chi connectivity index (χ4n) is 1.04. The van der Waals surface area contributed by atoms with Gasteiger partial charge in [0.1, 0.15) is 6.33 Å². The molecule has 0 bridgehead atoms. The number of primary sulfonamides is 1. The highest BCUT2D eigenvalue weighted by Crippen LogP contribution is 1.90. The first kappa shape index (κ1) is 12.0. The Morgan fingerprint density at radius 2 is 2.27 bits per heavy atom. The molecular formula is C8H14N4O2S. The molecule has 0 fully saturated rings. The predicted octanol–water partition coefficient (Wildman–Crippen LogP) is -0.755. The molecule has 7 heteroatoms. The fraction of sp³-hybridized carbons (Fsp3) is 0.500. The summed E-state index contributed by atoms with van der Waals surface area (Å²) in [6, 6.07) is 1.80. The number of aromatic nitrogens is 2. The summed E-state index contributed by atoms with van der Waals surface area (Å²) in [5.41, 5.74) is 0.876. The van der Waals surface area contributed by atoms with E-state index in [4.69, 9.17) is 5.14 Å². The standard InChI is InChI=1S/C8H14N4O2S/c9-15(13,14)5-1-3-10-6-8-2-4-11-7-12-8/h2,4,7,10H,1,3,5-6H2,(H2,9,13,14). The van der Waals surface area contributed by atoms with Gasteiger partial charge < -0.3 is 5.32 Å². The number of rotatable bonds is 6. The summed E-state index contributed by atoms with van der Waals surface area (Å²) in [6.45, 7) is 1.20. The van der Waals surface area contributed by atoms with Crippen LogP contribution in [0.3, 0.4) is 0 Å². The van der Waals surface area contributed by atoms with Gasteiger partial charge in [-0.05, 0) is 19.0 Å². The third-order valence-electron chi connectivity index (χ3n) is 1.73.